The van der Waals surface area contributed by atoms with E-state index in [2.05, 4.69) is 15.4 Å². The van der Waals surface area contributed by atoms with Crippen molar-refractivity contribution in [2.24, 2.45) is 0 Å². The van der Waals surface area contributed by atoms with Gasteiger partial charge in [0.2, 0.25) is 11.8 Å². The van der Waals surface area contributed by atoms with Crippen molar-refractivity contribution in [3.63, 3.8) is 0 Å². The molecule has 2 rings (SSSR count). The second-order valence-corrected chi connectivity index (χ2v) is 11.1. The highest BCUT2D eigenvalue weighted by atomic mass is 32.2. The molecule has 0 aliphatic heterocycles. The van der Waals surface area contributed by atoms with Crippen molar-refractivity contribution in [2.45, 2.75) is 77.6 Å². The van der Waals surface area contributed by atoms with Crippen molar-refractivity contribution < 1.29 is 28.7 Å². The van der Waals surface area contributed by atoms with Crippen LogP contribution in [0.15, 0.2) is 18.2 Å². The number of nitrogens with zero attached hydrogens (tertiary/aromatic N) is 1. The molecule has 0 saturated heterocycles. The van der Waals surface area contributed by atoms with Gasteiger partial charge in [0.1, 0.15) is 24.2 Å². The lowest BCUT2D eigenvalue weighted by Crippen LogP contribution is -2.54. The molecule has 36 heavy (non-hydrogen) atoms. The largest absolute Gasteiger partial charge is 0.468 e. The predicted octanol–water partition coefficient (Wildman–Crippen LogP) is 3.27. The zero-order chi connectivity index (χ0) is 27.0. The van der Waals surface area contributed by atoms with Gasteiger partial charge in [0.05, 0.1) is 7.11 Å². The van der Waals surface area contributed by atoms with Crippen molar-refractivity contribution in [1.29, 1.82) is 0 Å². The second kappa shape index (κ2) is 13.0. The van der Waals surface area contributed by atoms with E-state index in [-0.39, 0.29) is 18.5 Å². The maximum atomic E-state index is 14.0. The minimum atomic E-state index is -0.967. The Morgan fingerprint density at radius 2 is 1.72 bits per heavy atom. The number of methoxy groups -OCH3 is 1. The van der Waals surface area contributed by atoms with Crippen LogP contribution in [0.4, 0.5) is 4.79 Å². The predicted molar refractivity (Wildman–Crippen MR) is 140 cm³/mol. The van der Waals surface area contributed by atoms with E-state index in [1.54, 1.807) is 37.4 Å². The molecule has 0 aromatic heterocycles. The minimum Gasteiger partial charge on any atom is -0.468 e. The summed E-state index contributed by atoms with van der Waals surface area (Å²) in [6.07, 6.45) is 3.12. The van der Waals surface area contributed by atoms with Gasteiger partial charge in [0, 0.05) is 6.04 Å². The molecule has 2 unspecified atom stereocenters. The standard InChI is InChI=1S/C26H39N3O6S/c1-16-12-17(2)14-18(13-16)22(23(31)27-15-21(30)34-6)29(19-8-9-19)24(32)20(10-11-36-7)28-25(33)35-26(3,4)5/h12-14,19-20,22H,8-11,15H2,1-7H3,(H,27,31)(H,28,33). The number of alkyl carbamates (subject to hydrolysis) is 1. The molecule has 1 aromatic carbocycles. The van der Waals surface area contributed by atoms with Crippen molar-refractivity contribution in [3.8, 4) is 0 Å². The molecular weight excluding hydrogens is 482 g/mol. The fourth-order valence-electron chi connectivity index (χ4n) is 3.93. The maximum Gasteiger partial charge on any atom is 0.408 e. The van der Waals surface area contributed by atoms with Gasteiger partial charge in [-0.15, -0.1) is 0 Å². The molecule has 1 aromatic rings. The minimum absolute atomic E-state index is 0.149. The van der Waals surface area contributed by atoms with Crippen LogP contribution < -0.4 is 10.6 Å². The Hall–Kier alpha value is -2.75. The van der Waals surface area contributed by atoms with Crippen molar-refractivity contribution in [1.82, 2.24) is 15.5 Å². The van der Waals surface area contributed by atoms with E-state index in [0.717, 1.165) is 24.0 Å². The molecule has 10 heteroatoms. The van der Waals surface area contributed by atoms with E-state index in [1.807, 2.05) is 38.3 Å². The summed E-state index contributed by atoms with van der Waals surface area (Å²) in [7, 11) is 1.24. The van der Waals surface area contributed by atoms with Crippen LogP contribution in [0.25, 0.3) is 0 Å². The number of esters is 1. The van der Waals surface area contributed by atoms with Gasteiger partial charge in [-0.25, -0.2) is 4.79 Å². The third-order valence-electron chi connectivity index (χ3n) is 5.52. The summed E-state index contributed by atoms with van der Waals surface area (Å²) < 4.78 is 10.1. The maximum absolute atomic E-state index is 14.0. The van der Waals surface area contributed by atoms with Gasteiger partial charge in [0.25, 0.3) is 0 Å². The van der Waals surface area contributed by atoms with Crippen molar-refractivity contribution in [2.75, 3.05) is 25.7 Å². The van der Waals surface area contributed by atoms with E-state index in [0.29, 0.717) is 17.7 Å². The monoisotopic (exact) mass is 521 g/mol. The number of hydrogen-bond acceptors (Lipinski definition) is 7. The van der Waals surface area contributed by atoms with Crippen molar-refractivity contribution >= 4 is 35.6 Å². The van der Waals surface area contributed by atoms with Crippen molar-refractivity contribution in [3.05, 3.63) is 34.9 Å². The molecule has 1 aliphatic rings. The molecule has 3 amide bonds. The van der Waals surface area contributed by atoms with Gasteiger partial charge in [-0.1, -0.05) is 29.3 Å². The molecule has 2 N–H and O–H groups in total. The SMILES string of the molecule is COC(=O)CNC(=O)C(c1cc(C)cc(C)c1)N(C(=O)C(CCSC)NC(=O)OC(C)(C)C)C1CC1. The number of rotatable bonds is 11. The topological polar surface area (TPSA) is 114 Å². The van der Waals surface area contributed by atoms with Crippen LogP contribution in [-0.2, 0) is 23.9 Å². The van der Waals surface area contributed by atoms with Crippen LogP contribution in [0.2, 0.25) is 0 Å². The fraction of sp³-hybridized carbons (Fsp3) is 0.615. The molecule has 0 heterocycles. The number of carbonyl (C=O) groups excluding carboxylic acids is 4. The molecule has 1 aliphatic carbocycles. The first-order valence-electron chi connectivity index (χ1n) is 12.1. The Kier molecular flexibility index (Phi) is 10.6. The molecule has 1 saturated carbocycles. The Bertz CT molecular complexity index is 937. The number of benzene rings is 1. The second-order valence-electron chi connectivity index (χ2n) is 10.1. The number of nitrogens with one attached hydrogen (secondary N) is 2. The summed E-state index contributed by atoms with van der Waals surface area (Å²) in [5.74, 6) is -0.786. The molecular formula is C26H39N3O6S. The number of ether oxygens (including phenoxy) is 2. The summed E-state index contributed by atoms with van der Waals surface area (Å²) in [5, 5.41) is 5.35. The van der Waals surface area contributed by atoms with E-state index in [4.69, 9.17) is 4.74 Å². The quantitative estimate of drug-likeness (QED) is 0.430. The summed E-state index contributed by atoms with van der Waals surface area (Å²) in [6.45, 7) is 8.80. The van der Waals surface area contributed by atoms with Gasteiger partial charge in [-0.3, -0.25) is 14.4 Å². The average molecular weight is 522 g/mol. The lowest BCUT2D eigenvalue weighted by atomic mass is 9.98. The Morgan fingerprint density at radius 1 is 1.11 bits per heavy atom. The van der Waals surface area contributed by atoms with Crippen LogP contribution in [-0.4, -0.2) is 72.1 Å². The zero-order valence-corrected chi connectivity index (χ0v) is 23.1. The third-order valence-corrected chi connectivity index (χ3v) is 6.16. The average Bonchev–Trinajstić information content (AvgIpc) is 3.60. The molecule has 0 radical (unpaired) electrons. The fourth-order valence-corrected chi connectivity index (χ4v) is 4.40. The molecule has 2 atom stereocenters. The van der Waals surface area contributed by atoms with Crippen LogP contribution in [0.3, 0.4) is 0 Å². The first-order chi connectivity index (χ1) is 16.9. The lowest BCUT2D eigenvalue weighted by Gasteiger charge is -2.35. The normalized spacial score (nSPS) is 14.9. The van der Waals surface area contributed by atoms with Gasteiger partial charge < -0.3 is 25.0 Å². The Labute approximate surface area is 218 Å². The van der Waals surface area contributed by atoms with E-state index >= 15 is 0 Å². The smallest absolute Gasteiger partial charge is 0.408 e. The molecule has 0 bridgehead atoms. The zero-order valence-electron chi connectivity index (χ0n) is 22.3. The number of hydrogen-bond donors (Lipinski definition) is 2. The number of amides is 3. The Morgan fingerprint density at radius 3 is 2.22 bits per heavy atom. The van der Waals surface area contributed by atoms with Crippen LogP contribution in [0.5, 0.6) is 0 Å². The number of aryl methyl sites for hydroxylation is 2. The molecule has 200 valence electrons. The van der Waals surface area contributed by atoms with Crippen LogP contribution in [0.1, 0.15) is 62.8 Å². The number of thioether (sulfide) groups is 1. The first kappa shape index (κ1) is 29.5. The van der Waals surface area contributed by atoms with Crippen LogP contribution >= 0.6 is 11.8 Å². The van der Waals surface area contributed by atoms with Gasteiger partial charge in [-0.05, 0) is 71.5 Å². The van der Waals surface area contributed by atoms with Gasteiger partial charge >= 0.3 is 12.1 Å². The van der Waals surface area contributed by atoms with Gasteiger partial charge in [0.15, 0.2) is 0 Å². The molecule has 0 spiro atoms. The third kappa shape index (κ3) is 9.04. The highest BCUT2D eigenvalue weighted by Gasteiger charge is 2.44. The summed E-state index contributed by atoms with van der Waals surface area (Å²) in [5.41, 5.74) is 1.83. The highest BCUT2D eigenvalue weighted by molar-refractivity contribution is 7.98. The van der Waals surface area contributed by atoms with E-state index in [9.17, 15) is 19.2 Å². The summed E-state index contributed by atoms with van der Waals surface area (Å²) in [4.78, 5) is 53.3. The first-order valence-corrected chi connectivity index (χ1v) is 13.5. The van der Waals surface area contributed by atoms with E-state index in [1.165, 1.54) is 7.11 Å². The molecule has 1 fully saturated rings. The van der Waals surface area contributed by atoms with Gasteiger partial charge in [-0.2, -0.15) is 11.8 Å². The van der Waals surface area contributed by atoms with E-state index < -0.39 is 35.7 Å². The number of carbonyl (C=O) groups is 4. The summed E-state index contributed by atoms with van der Waals surface area (Å²) >= 11 is 1.56. The van der Waals surface area contributed by atoms with Crippen LogP contribution in [0, 0.1) is 13.8 Å². The lowest BCUT2D eigenvalue weighted by molar-refractivity contribution is -0.145. The highest BCUT2D eigenvalue weighted by Crippen LogP contribution is 2.36. The Balaban J connectivity index is 2.45. The molecule has 9 nitrogen and oxygen atoms in total. The summed E-state index contributed by atoms with van der Waals surface area (Å²) in [6, 6.07) is 3.75.